The van der Waals surface area contributed by atoms with Crippen molar-refractivity contribution in [2.45, 2.75) is 18.3 Å². The van der Waals surface area contributed by atoms with Crippen molar-refractivity contribution in [3.05, 3.63) is 244 Å². The predicted molar refractivity (Wildman–Crippen MR) is 251 cm³/mol. The molecule has 2 heterocycles. The van der Waals surface area contributed by atoms with Crippen LogP contribution in [0.1, 0.15) is 51.3 Å². The van der Waals surface area contributed by atoms with Gasteiger partial charge in [-0.2, -0.15) is 0 Å². The molecule has 0 bridgehead atoms. The van der Waals surface area contributed by atoms with Gasteiger partial charge in [-0.3, -0.25) is 0 Å². The monoisotopic (exact) mass is 788 g/mol. The van der Waals surface area contributed by atoms with Crippen molar-refractivity contribution in [2.24, 2.45) is 0 Å². The Kier molecular flexibility index (Phi) is 7.52. The molecule has 0 atom stereocenters. The van der Waals surface area contributed by atoms with Crippen molar-refractivity contribution in [2.75, 3.05) is 0 Å². The van der Waals surface area contributed by atoms with Gasteiger partial charge >= 0.3 is 0 Å². The summed E-state index contributed by atoms with van der Waals surface area (Å²) in [5.74, 6) is 1.83. The molecule has 2 aromatic heterocycles. The summed E-state index contributed by atoms with van der Waals surface area (Å²) >= 11 is 0. The first-order valence-electron chi connectivity index (χ1n) is 21.3. The summed E-state index contributed by atoms with van der Waals surface area (Å²) in [6.45, 7) is 0. The average Bonchev–Trinajstić information content (AvgIpc) is 3.96. The lowest BCUT2D eigenvalue weighted by atomic mass is 9.70. The quantitative estimate of drug-likeness (QED) is 0.163. The number of hydrogen-bond donors (Lipinski definition) is 0. The van der Waals surface area contributed by atoms with Gasteiger partial charge in [0.25, 0.3) is 0 Å². The Bertz CT molecular complexity index is 3430. The molecule has 13 rings (SSSR count). The number of para-hydroxylation sites is 1. The first-order chi connectivity index (χ1) is 30.8. The smallest absolute Gasteiger partial charge is 0.165 e. The van der Waals surface area contributed by atoms with Crippen LogP contribution in [-0.2, 0) is 11.8 Å². The normalized spacial score (nSPS) is 14.6. The van der Waals surface area contributed by atoms with Crippen LogP contribution in [-0.4, -0.2) is 19.5 Å². The van der Waals surface area contributed by atoms with Crippen LogP contribution in [0.4, 0.5) is 0 Å². The lowest BCUT2D eigenvalue weighted by Gasteiger charge is -2.30. The van der Waals surface area contributed by atoms with E-state index in [4.69, 9.17) is 15.0 Å². The van der Waals surface area contributed by atoms with E-state index in [0.29, 0.717) is 17.5 Å². The molecule has 62 heavy (non-hydrogen) atoms. The summed E-state index contributed by atoms with van der Waals surface area (Å²) in [5, 5.41) is 1.26. The Morgan fingerprint density at radius 3 is 1.76 bits per heavy atom. The van der Waals surface area contributed by atoms with Crippen LogP contribution in [0.5, 0.6) is 0 Å². The Labute approximate surface area is 359 Å². The summed E-state index contributed by atoms with van der Waals surface area (Å²) < 4.78 is 2.58. The number of fused-ring (bicyclic) bond motifs is 14. The van der Waals surface area contributed by atoms with Gasteiger partial charge in [0.05, 0.1) is 16.6 Å². The molecule has 0 unspecified atom stereocenters. The molecule has 0 N–H and O–H groups in total. The fourth-order valence-corrected chi connectivity index (χ4v) is 10.7. The van der Waals surface area contributed by atoms with Gasteiger partial charge in [-0.1, -0.05) is 187 Å². The van der Waals surface area contributed by atoms with Gasteiger partial charge in [0.2, 0.25) is 0 Å². The molecule has 0 saturated carbocycles. The lowest BCUT2D eigenvalue weighted by Crippen LogP contribution is -2.25. The summed E-state index contributed by atoms with van der Waals surface area (Å²) in [6, 6.07) is 61.1. The maximum atomic E-state index is 5.18. The zero-order valence-corrected chi connectivity index (χ0v) is 33.7. The highest BCUT2D eigenvalue weighted by Gasteiger charge is 2.52. The fourth-order valence-electron chi connectivity index (χ4n) is 10.7. The summed E-state index contributed by atoms with van der Waals surface area (Å²) in [7, 11) is 0. The van der Waals surface area contributed by atoms with E-state index in [0.717, 1.165) is 46.4 Å². The zero-order valence-electron chi connectivity index (χ0n) is 33.7. The van der Waals surface area contributed by atoms with Crippen LogP contribution in [0, 0.1) is 0 Å². The van der Waals surface area contributed by atoms with Gasteiger partial charge < -0.3 is 4.57 Å². The third-order valence-electron chi connectivity index (χ3n) is 13.2. The topological polar surface area (TPSA) is 43.6 Å². The minimum absolute atomic E-state index is 0.445. The molecule has 0 aliphatic heterocycles. The molecule has 4 aliphatic rings. The highest BCUT2D eigenvalue weighted by atomic mass is 15.0. The van der Waals surface area contributed by atoms with E-state index in [2.05, 4.69) is 143 Å². The van der Waals surface area contributed by atoms with E-state index in [1.807, 2.05) is 66.7 Å². The zero-order chi connectivity index (χ0) is 40.8. The maximum Gasteiger partial charge on any atom is 0.165 e. The molecule has 0 amide bonds. The molecular weight excluding hydrogens is 753 g/mol. The molecule has 7 aromatic carbocycles. The van der Waals surface area contributed by atoms with Crippen LogP contribution in [0.25, 0.3) is 78.8 Å². The Hall–Kier alpha value is -8.13. The first kappa shape index (κ1) is 34.7. The second-order valence-corrected chi connectivity index (χ2v) is 16.4. The molecule has 9 aromatic rings. The Balaban J connectivity index is 1.07. The van der Waals surface area contributed by atoms with Crippen molar-refractivity contribution in [3.8, 4) is 50.7 Å². The fraction of sp³-hybridized carbons (Fsp3) is 0.0517. The van der Waals surface area contributed by atoms with Crippen molar-refractivity contribution >= 4 is 28.1 Å². The minimum atomic E-state index is -0.445. The van der Waals surface area contributed by atoms with E-state index in [1.54, 1.807) is 0 Å². The third-order valence-corrected chi connectivity index (χ3v) is 13.2. The van der Waals surface area contributed by atoms with Crippen LogP contribution in [0.3, 0.4) is 0 Å². The van der Waals surface area contributed by atoms with Crippen LogP contribution < -0.4 is 0 Å². The van der Waals surface area contributed by atoms with Gasteiger partial charge in [-0.05, 0) is 70.0 Å². The van der Waals surface area contributed by atoms with Gasteiger partial charge in [-0.25, -0.2) is 15.0 Å². The van der Waals surface area contributed by atoms with E-state index in [9.17, 15) is 0 Å². The minimum Gasteiger partial charge on any atom is -0.312 e. The molecule has 0 saturated heterocycles. The third kappa shape index (κ3) is 4.82. The summed E-state index contributed by atoms with van der Waals surface area (Å²) in [5.41, 5.74) is 26.6. The molecule has 0 fully saturated rings. The maximum absolute atomic E-state index is 5.18. The highest BCUT2D eigenvalue weighted by molar-refractivity contribution is 6.10. The predicted octanol–water partition coefficient (Wildman–Crippen LogP) is 13.2. The van der Waals surface area contributed by atoms with E-state index >= 15 is 0 Å². The molecule has 0 radical (unpaired) electrons. The SMILES string of the molecule is C1=C=C(c2ccccc2-n2c3c(c4ccc5c(c42)-c2ccccc2C52c4ccccc4-c4ccccc42)C=CCC3)C(c2nc(-c3ccccc3)nc(-c3ccccc3)n2)=CC=1. The Morgan fingerprint density at radius 2 is 1.08 bits per heavy atom. The second kappa shape index (κ2) is 13.4. The van der Waals surface area contributed by atoms with Crippen molar-refractivity contribution in [1.82, 2.24) is 19.5 Å². The molecule has 1 spiro atoms. The lowest BCUT2D eigenvalue weighted by molar-refractivity contribution is 0.794. The number of rotatable bonds is 5. The molecule has 4 aliphatic carbocycles. The van der Waals surface area contributed by atoms with Gasteiger partial charge in [0.1, 0.15) is 0 Å². The van der Waals surface area contributed by atoms with Crippen molar-refractivity contribution in [3.63, 3.8) is 0 Å². The Morgan fingerprint density at radius 1 is 0.516 bits per heavy atom. The van der Waals surface area contributed by atoms with Crippen LogP contribution >= 0.6 is 0 Å². The van der Waals surface area contributed by atoms with E-state index in [1.165, 1.54) is 66.7 Å². The molecular formula is C58H36N4. The highest BCUT2D eigenvalue weighted by Crippen LogP contribution is 2.64. The van der Waals surface area contributed by atoms with Crippen LogP contribution in [0.15, 0.2) is 200 Å². The van der Waals surface area contributed by atoms with E-state index < -0.39 is 5.41 Å². The average molecular weight is 789 g/mol. The van der Waals surface area contributed by atoms with Crippen molar-refractivity contribution in [1.29, 1.82) is 0 Å². The number of benzene rings is 7. The molecule has 4 nitrogen and oxygen atoms in total. The van der Waals surface area contributed by atoms with Crippen LogP contribution in [0.2, 0.25) is 0 Å². The number of aromatic nitrogens is 4. The van der Waals surface area contributed by atoms with Gasteiger partial charge in [0.15, 0.2) is 17.5 Å². The summed E-state index contributed by atoms with van der Waals surface area (Å²) in [6.07, 6.45) is 10.6. The largest absolute Gasteiger partial charge is 0.312 e. The second-order valence-electron chi connectivity index (χ2n) is 16.4. The first-order valence-corrected chi connectivity index (χ1v) is 21.3. The summed E-state index contributed by atoms with van der Waals surface area (Å²) in [4.78, 5) is 15.4. The number of allylic oxidation sites excluding steroid dienone is 5. The number of nitrogens with zero attached hydrogens (tertiary/aromatic N) is 4. The number of hydrogen-bond acceptors (Lipinski definition) is 3. The molecule has 4 heteroatoms. The molecule has 288 valence electrons. The van der Waals surface area contributed by atoms with Gasteiger partial charge in [-0.15, -0.1) is 0 Å². The van der Waals surface area contributed by atoms with Gasteiger partial charge in [0, 0.05) is 50.0 Å². The van der Waals surface area contributed by atoms with Crippen molar-refractivity contribution < 1.29 is 0 Å². The van der Waals surface area contributed by atoms with E-state index in [-0.39, 0.29) is 0 Å². The standard InChI is InChI=1S/C58H36N4/c1-3-19-37(20-4-1)55-59-56(38-21-5-2-6-22-38)61-57(60-55)45-28-8-7-23-39(45)42-26-12-17-33-51(42)62-52-34-18-13-27-43(52)44-35-36-50-53(54(44)62)46-29-11-16-32-49(46)58(50)47-30-14-9-24-40(47)41-25-10-15-31-48(41)58/h1-6,8-17,19-22,24-33,35-36H,18,34H2.